The molecule has 3 saturated carbocycles. The van der Waals surface area contributed by atoms with Crippen molar-refractivity contribution in [3.8, 4) is 0 Å². The number of nitrogens with one attached hydrogen (secondary N) is 1. The van der Waals surface area contributed by atoms with Crippen LogP contribution in [0.4, 0.5) is 0 Å². The average Bonchev–Trinajstić information content (AvgIpc) is 2.86. The molecule has 2 heteroatoms. The van der Waals surface area contributed by atoms with Crippen LogP contribution >= 0.6 is 0 Å². The predicted molar refractivity (Wildman–Crippen MR) is 92.1 cm³/mol. The van der Waals surface area contributed by atoms with Gasteiger partial charge in [-0.3, -0.25) is 0 Å². The first kappa shape index (κ1) is 16.2. The first-order valence-electron chi connectivity index (χ1n) is 9.10. The molecule has 0 aromatic heterocycles. The summed E-state index contributed by atoms with van der Waals surface area (Å²) in [7, 11) is 0. The van der Waals surface area contributed by atoms with Crippen LogP contribution in [0.25, 0.3) is 0 Å². The van der Waals surface area contributed by atoms with Crippen LogP contribution in [-0.4, -0.2) is 16.9 Å². The lowest BCUT2D eigenvalue weighted by Gasteiger charge is -2.60. The highest BCUT2D eigenvalue weighted by atomic mass is 16.3. The van der Waals surface area contributed by atoms with E-state index >= 15 is 0 Å². The summed E-state index contributed by atoms with van der Waals surface area (Å²) in [6, 6.07) is 0. The molecular formula is C20H33NO. The van der Waals surface area contributed by atoms with Crippen LogP contribution in [0.15, 0.2) is 12.7 Å². The van der Waals surface area contributed by atoms with Crippen molar-refractivity contribution in [1.82, 2.24) is 0 Å². The van der Waals surface area contributed by atoms with Crippen LogP contribution < -0.4 is 0 Å². The molecule has 0 heterocycles. The second-order valence-corrected chi connectivity index (χ2v) is 9.08. The van der Waals surface area contributed by atoms with E-state index in [1.807, 2.05) is 6.08 Å². The SMILES string of the molecule is C=C[C@]1(C)CC[C@@]2(C)C3C(=N)CC[C@@]3(CC[C@H]2C)[C@@H](C)[C@@H]1O. The molecule has 2 bridgehead atoms. The third kappa shape index (κ3) is 1.85. The summed E-state index contributed by atoms with van der Waals surface area (Å²) < 4.78 is 0. The van der Waals surface area contributed by atoms with Gasteiger partial charge in [0, 0.05) is 17.0 Å². The Bertz CT molecular complexity index is 500. The molecule has 2 nitrogen and oxygen atoms in total. The first-order chi connectivity index (χ1) is 10.2. The Morgan fingerprint density at radius 2 is 1.86 bits per heavy atom. The Morgan fingerprint density at radius 3 is 2.50 bits per heavy atom. The predicted octanol–water partition coefficient (Wildman–Crippen LogP) is 4.82. The molecule has 1 unspecified atom stereocenters. The highest BCUT2D eigenvalue weighted by molar-refractivity contribution is 5.88. The second-order valence-electron chi connectivity index (χ2n) is 9.08. The highest BCUT2D eigenvalue weighted by Crippen LogP contribution is 2.67. The van der Waals surface area contributed by atoms with E-state index in [4.69, 9.17) is 5.41 Å². The van der Waals surface area contributed by atoms with Crippen molar-refractivity contribution >= 4 is 5.71 Å². The topological polar surface area (TPSA) is 44.1 Å². The fourth-order valence-corrected chi connectivity index (χ4v) is 6.33. The lowest BCUT2D eigenvalue weighted by atomic mass is 9.44. The van der Waals surface area contributed by atoms with Gasteiger partial charge in [-0.05, 0) is 61.2 Å². The zero-order chi connectivity index (χ0) is 16.3. The first-order valence-corrected chi connectivity index (χ1v) is 9.10. The Labute approximate surface area is 135 Å². The molecule has 0 amide bonds. The van der Waals surface area contributed by atoms with E-state index in [1.165, 1.54) is 12.8 Å². The number of hydrogen-bond acceptors (Lipinski definition) is 2. The van der Waals surface area contributed by atoms with E-state index in [1.54, 1.807) is 0 Å². The molecule has 22 heavy (non-hydrogen) atoms. The number of aliphatic hydroxyl groups excluding tert-OH is 1. The lowest BCUT2D eigenvalue weighted by molar-refractivity contribution is -0.130. The number of aliphatic hydroxyl groups is 1. The van der Waals surface area contributed by atoms with E-state index in [0.29, 0.717) is 11.8 Å². The molecule has 0 aromatic carbocycles. The summed E-state index contributed by atoms with van der Waals surface area (Å²) in [5, 5.41) is 19.8. The summed E-state index contributed by atoms with van der Waals surface area (Å²) >= 11 is 0. The molecule has 124 valence electrons. The summed E-state index contributed by atoms with van der Waals surface area (Å²) in [6.45, 7) is 13.3. The minimum atomic E-state index is -0.337. The second kappa shape index (κ2) is 4.93. The average molecular weight is 303 g/mol. The van der Waals surface area contributed by atoms with Gasteiger partial charge in [0.25, 0.3) is 0 Å². The molecule has 2 N–H and O–H groups in total. The van der Waals surface area contributed by atoms with Crippen molar-refractivity contribution in [2.24, 2.45) is 34.0 Å². The van der Waals surface area contributed by atoms with E-state index in [9.17, 15) is 5.11 Å². The standard InChI is InChI=1S/C20H33NO/c1-6-18(4)11-12-19(5)13(2)7-9-20(14(3)17(18)22)10-8-15(21)16(19)20/h6,13-14,16-17,21-22H,1,7-12H2,2-5H3/t13-,14+,16?,17+,18-,19-,20+/m1/s1. The van der Waals surface area contributed by atoms with Crippen molar-refractivity contribution in [2.45, 2.75) is 72.3 Å². The molecule has 3 fully saturated rings. The van der Waals surface area contributed by atoms with E-state index in [0.717, 1.165) is 31.4 Å². The van der Waals surface area contributed by atoms with E-state index in [2.05, 4.69) is 34.3 Å². The lowest BCUT2D eigenvalue weighted by Crippen LogP contribution is -2.57. The van der Waals surface area contributed by atoms with Crippen LogP contribution in [0.1, 0.15) is 66.2 Å². The van der Waals surface area contributed by atoms with Gasteiger partial charge in [-0.25, -0.2) is 0 Å². The molecule has 0 saturated heterocycles. The quantitative estimate of drug-likeness (QED) is 0.670. The Balaban J connectivity index is 2.15. The van der Waals surface area contributed by atoms with Crippen LogP contribution in [0, 0.1) is 39.4 Å². The Hall–Kier alpha value is -0.630. The molecule has 3 rings (SSSR count). The molecule has 0 radical (unpaired) electrons. The number of rotatable bonds is 1. The van der Waals surface area contributed by atoms with Crippen LogP contribution in [0.5, 0.6) is 0 Å². The fourth-order valence-electron chi connectivity index (χ4n) is 6.33. The summed E-state index contributed by atoms with van der Waals surface area (Å²) in [4.78, 5) is 0. The van der Waals surface area contributed by atoms with Gasteiger partial charge in [0.05, 0.1) is 6.10 Å². The zero-order valence-electron chi connectivity index (χ0n) is 14.8. The van der Waals surface area contributed by atoms with Gasteiger partial charge < -0.3 is 10.5 Å². The smallest absolute Gasteiger partial charge is 0.0659 e. The third-order valence-electron chi connectivity index (χ3n) is 8.34. The van der Waals surface area contributed by atoms with Crippen molar-refractivity contribution in [2.75, 3.05) is 0 Å². The monoisotopic (exact) mass is 303 g/mol. The van der Waals surface area contributed by atoms with Crippen molar-refractivity contribution in [3.63, 3.8) is 0 Å². The van der Waals surface area contributed by atoms with Crippen LogP contribution in [-0.2, 0) is 0 Å². The molecule has 0 aromatic rings. The summed E-state index contributed by atoms with van der Waals surface area (Å²) in [5.41, 5.74) is 1.13. The summed E-state index contributed by atoms with van der Waals surface area (Å²) in [6.07, 6.45) is 8.23. The normalized spacial score (nSPS) is 55.2. The van der Waals surface area contributed by atoms with Crippen molar-refractivity contribution in [3.05, 3.63) is 12.7 Å². The Morgan fingerprint density at radius 1 is 1.18 bits per heavy atom. The van der Waals surface area contributed by atoms with Gasteiger partial charge in [0.15, 0.2) is 0 Å². The van der Waals surface area contributed by atoms with Gasteiger partial charge >= 0.3 is 0 Å². The maximum Gasteiger partial charge on any atom is 0.0659 e. The molecule has 7 atom stereocenters. The molecule has 3 aliphatic rings. The van der Waals surface area contributed by atoms with E-state index in [-0.39, 0.29) is 28.3 Å². The van der Waals surface area contributed by atoms with Gasteiger partial charge in [0.1, 0.15) is 0 Å². The van der Waals surface area contributed by atoms with Crippen molar-refractivity contribution in [1.29, 1.82) is 5.41 Å². The molecule has 0 spiro atoms. The minimum absolute atomic E-state index is 0.141. The van der Waals surface area contributed by atoms with Gasteiger partial charge in [-0.2, -0.15) is 0 Å². The fraction of sp³-hybridized carbons (Fsp3) is 0.850. The molecular weight excluding hydrogens is 270 g/mol. The highest BCUT2D eigenvalue weighted by Gasteiger charge is 2.63. The maximum absolute atomic E-state index is 11.1. The number of hydrogen-bond donors (Lipinski definition) is 2. The third-order valence-corrected chi connectivity index (χ3v) is 8.34. The van der Waals surface area contributed by atoms with Gasteiger partial charge in [0.2, 0.25) is 0 Å². The largest absolute Gasteiger partial charge is 0.392 e. The van der Waals surface area contributed by atoms with Crippen LogP contribution in [0.2, 0.25) is 0 Å². The van der Waals surface area contributed by atoms with Gasteiger partial charge in [-0.15, -0.1) is 6.58 Å². The van der Waals surface area contributed by atoms with E-state index < -0.39 is 0 Å². The Kier molecular flexibility index (Phi) is 3.64. The van der Waals surface area contributed by atoms with Gasteiger partial charge in [-0.1, -0.05) is 33.8 Å². The molecule has 3 aliphatic carbocycles. The summed E-state index contributed by atoms with van der Waals surface area (Å²) in [5.74, 6) is 1.29. The maximum atomic E-state index is 11.1. The minimum Gasteiger partial charge on any atom is -0.392 e. The van der Waals surface area contributed by atoms with Crippen LogP contribution in [0.3, 0.4) is 0 Å². The molecule has 0 aliphatic heterocycles. The van der Waals surface area contributed by atoms with Crippen molar-refractivity contribution < 1.29 is 5.11 Å². The zero-order valence-corrected chi connectivity index (χ0v) is 14.8.